The molecule has 0 saturated heterocycles. The second kappa shape index (κ2) is 12.4. The third kappa shape index (κ3) is 9.28. The van der Waals surface area contributed by atoms with Gasteiger partial charge in [-0.25, -0.2) is 0 Å². The van der Waals surface area contributed by atoms with Crippen LogP contribution in [-0.4, -0.2) is 32.0 Å². The zero-order chi connectivity index (χ0) is 14.6. The smallest absolute Gasteiger partial charge is 0.221 e. The fraction of sp³-hybridized carbons (Fsp3) is 0.467. The number of benzene rings is 1. The summed E-state index contributed by atoms with van der Waals surface area (Å²) in [4.78, 5) is 15.6. The molecule has 0 heterocycles. The predicted octanol–water partition coefficient (Wildman–Crippen LogP) is 1.89. The molecule has 0 aliphatic rings. The highest BCUT2D eigenvalue weighted by Gasteiger charge is 2.01. The molecule has 3 N–H and O–H groups in total. The van der Waals surface area contributed by atoms with Crippen molar-refractivity contribution in [1.29, 1.82) is 0 Å². The van der Waals surface area contributed by atoms with Crippen molar-refractivity contribution >= 4 is 35.8 Å². The largest absolute Gasteiger partial charge is 0.356 e. The van der Waals surface area contributed by atoms with Crippen molar-refractivity contribution < 1.29 is 4.79 Å². The molecule has 5 nitrogen and oxygen atoms in total. The molecule has 1 aromatic rings. The number of hydrogen-bond donors (Lipinski definition) is 3. The monoisotopic (exact) mass is 404 g/mol. The van der Waals surface area contributed by atoms with Crippen molar-refractivity contribution in [1.82, 2.24) is 16.0 Å². The van der Waals surface area contributed by atoms with Crippen molar-refractivity contribution in [3.63, 3.8) is 0 Å². The summed E-state index contributed by atoms with van der Waals surface area (Å²) >= 11 is 0. The summed E-state index contributed by atoms with van der Waals surface area (Å²) in [5, 5.41) is 9.18. The first-order valence-electron chi connectivity index (χ1n) is 7.01. The number of amides is 1. The molecule has 21 heavy (non-hydrogen) atoms. The molecule has 1 rings (SSSR count). The topological polar surface area (TPSA) is 65.5 Å². The van der Waals surface area contributed by atoms with Crippen molar-refractivity contribution in [3.8, 4) is 0 Å². The molecule has 0 atom stereocenters. The summed E-state index contributed by atoms with van der Waals surface area (Å²) in [6, 6.07) is 10.1. The second-order valence-corrected chi connectivity index (χ2v) is 4.44. The van der Waals surface area contributed by atoms with Crippen LogP contribution in [0.2, 0.25) is 0 Å². The molecule has 1 aromatic carbocycles. The molecule has 0 spiro atoms. The Kier molecular flexibility index (Phi) is 11.7. The molecule has 0 bridgehead atoms. The van der Waals surface area contributed by atoms with E-state index in [9.17, 15) is 4.79 Å². The van der Waals surface area contributed by atoms with E-state index in [-0.39, 0.29) is 29.9 Å². The number of nitrogens with zero attached hydrogens (tertiary/aromatic N) is 1. The number of hydrogen-bond acceptors (Lipinski definition) is 2. The van der Waals surface area contributed by atoms with Crippen LogP contribution in [0, 0.1) is 0 Å². The van der Waals surface area contributed by atoms with Crippen LogP contribution in [0.1, 0.15) is 25.3 Å². The van der Waals surface area contributed by atoms with Crippen LogP contribution in [0.4, 0.5) is 0 Å². The number of guanidine groups is 1. The minimum absolute atomic E-state index is 0. The summed E-state index contributed by atoms with van der Waals surface area (Å²) in [5.74, 6) is 0.773. The van der Waals surface area contributed by atoms with Crippen LogP contribution >= 0.6 is 24.0 Å². The standard InChI is InChI=1S/C15H24N4O.HI/c1-3-10-17-14(20)9-11-18-15(16-2)19-12-13-7-5-4-6-8-13;/h4-8H,3,9-12H2,1-2H3,(H,17,20)(H2,16,18,19);1H. The van der Waals surface area contributed by atoms with Gasteiger partial charge in [0.05, 0.1) is 0 Å². The first-order chi connectivity index (χ1) is 9.76. The van der Waals surface area contributed by atoms with Gasteiger partial charge < -0.3 is 16.0 Å². The molecule has 118 valence electrons. The average Bonchev–Trinajstić information content (AvgIpc) is 2.49. The third-order valence-corrected chi connectivity index (χ3v) is 2.74. The minimum atomic E-state index is 0. The Hall–Kier alpha value is -1.31. The molecule has 1 amide bonds. The van der Waals surface area contributed by atoms with E-state index in [4.69, 9.17) is 0 Å². The Bertz CT molecular complexity index is 423. The van der Waals surface area contributed by atoms with Gasteiger partial charge in [0.15, 0.2) is 5.96 Å². The van der Waals surface area contributed by atoms with Gasteiger partial charge in [-0.1, -0.05) is 37.3 Å². The van der Waals surface area contributed by atoms with Crippen molar-refractivity contribution in [3.05, 3.63) is 35.9 Å². The van der Waals surface area contributed by atoms with Crippen molar-refractivity contribution in [2.75, 3.05) is 20.1 Å². The van der Waals surface area contributed by atoms with Crippen LogP contribution in [0.3, 0.4) is 0 Å². The van der Waals surface area contributed by atoms with E-state index in [0.717, 1.165) is 13.0 Å². The van der Waals surface area contributed by atoms with E-state index >= 15 is 0 Å². The van der Waals surface area contributed by atoms with Gasteiger partial charge in [-0.2, -0.15) is 0 Å². The zero-order valence-corrected chi connectivity index (χ0v) is 15.0. The van der Waals surface area contributed by atoms with Crippen LogP contribution < -0.4 is 16.0 Å². The zero-order valence-electron chi connectivity index (χ0n) is 12.7. The van der Waals surface area contributed by atoms with E-state index in [1.54, 1.807) is 7.05 Å². The molecule has 0 saturated carbocycles. The lowest BCUT2D eigenvalue weighted by atomic mass is 10.2. The number of carbonyl (C=O) groups is 1. The first-order valence-corrected chi connectivity index (χ1v) is 7.01. The lowest BCUT2D eigenvalue weighted by molar-refractivity contribution is -0.120. The summed E-state index contributed by atoms with van der Waals surface area (Å²) in [7, 11) is 1.72. The molecule has 0 aliphatic heterocycles. The number of rotatable bonds is 7. The number of nitrogens with one attached hydrogen (secondary N) is 3. The molecule has 0 fully saturated rings. The van der Waals surface area contributed by atoms with E-state index in [1.807, 2.05) is 25.1 Å². The van der Waals surface area contributed by atoms with Gasteiger partial charge in [0.1, 0.15) is 0 Å². The quantitative estimate of drug-likeness (QED) is 0.370. The number of halogens is 1. The highest BCUT2D eigenvalue weighted by molar-refractivity contribution is 14.0. The second-order valence-electron chi connectivity index (χ2n) is 4.44. The van der Waals surface area contributed by atoms with Gasteiger partial charge >= 0.3 is 0 Å². The Balaban J connectivity index is 0.00000400. The maximum atomic E-state index is 11.4. The van der Waals surface area contributed by atoms with Crippen molar-refractivity contribution in [2.45, 2.75) is 26.3 Å². The molecule has 0 unspecified atom stereocenters. The molecule has 0 aromatic heterocycles. The summed E-state index contributed by atoms with van der Waals surface area (Å²) in [6.45, 7) is 4.06. The first kappa shape index (κ1) is 19.7. The normalized spacial score (nSPS) is 10.5. The summed E-state index contributed by atoms with van der Waals surface area (Å²) in [5.41, 5.74) is 1.19. The van der Waals surface area contributed by atoms with Gasteiger partial charge in [-0.05, 0) is 12.0 Å². The van der Waals surface area contributed by atoms with Crippen LogP contribution in [0.5, 0.6) is 0 Å². The number of carbonyl (C=O) groups excluding carboxylic acids is 1. The van der Waals surface area contributed by atoms with Crippen molar-refractivity contribution in [2.24, 2.45) is 4.99 Å². The van der Waals surface area contributed by atoms with Crippen LogP contribution in [0.15, 0.2) is 35.3 Å². The lowest BCUT2D eigenvalue weighted by Gasteiger charge is -2.11. The van der Waals surface area contributed by atoms with Gasteiger partial charge in [0, 0.05) is 33.1 Å². The highest BCUT2D eigenvalue weighted by Crippen LogP contribution is 1.96. The Morgan fingerprint density at radius 2 is 1.81 bits per heavy atom. The Labute approximate surface area is 144 Å². The van der Waals surface area contributed by atoms with Gasteiger partial charge in [-0.15, -0.1) is 24.0 Å². The summed E-state index contributed by atoms with van der Waals surface area (Å²) < 4.78 is 0. The van der Waals surface area contributed by atoms with E-state index in [0.29, 0.717) is 25.5 Å². The van der Waals surface area contributed by atoms with Crippen LogP contribution in [-0.2, 0) is 11.3 Å². The average molecular weight is 404 g/mol. The van der Waals surface area contributed by atoms with E-state index < -0.39 is 0 Å². The van der Waals surface area contributed by atoms with Gasteiger partial charge in [0.2, 0.25) is 5.91 Å². The molecule has 0 aliphatic carbocycles. The Morgan fingerprint density at radius 3 is 2.43 bits per heavy atom. The SMILES string of the molecule is CCCNC(=O)CCNC(=NC)NCc1ccccc1.I. The van der Waals surface area contributed by atoms with Crippen LogP contribution in [0.25, 0.3) is 0 Å². The van der Waals surface area contributed by atoms with Gasteiger partial charge in [0.25, 0.3) is 0 Å². The van der Waals surface area contributed by atoms with Gasteiger partial charge in [-0.3, -0.25) is 9.79 Å². The van der Waals surface area contributed by atoms with E-state index in [2.05, 4.69) is 33.1 Å². The lowest BCUT2D eigenvalue weighted by Crippen LogP contribution is -2.39. The number of aliphatic imine (C=N–C) groups is 1. The minimum Gasteiger partial charge on any atom is -0.356 e. The summed E-state index contributed by atoms with van der Waals surface area (Å²) in [6.07, 6.45) is 1.41. The maximum Gasteiger partial charge on any atom is 0.221 e. The Morgan fingerprint density at radius 1 is 1.10 bits per heavy atom. The fourth-order valence-corrected chi connectivity index (χ4v) is 1.65. The van der Waals surface area contributed by atoms with E-state index in [1.165, 1.54) is 5.56 Å². The maximum absolute atomic E-state index is 11.4. The highest BCUT2D eigenvalue weighted by atomic mass is 127. The third-order valence-electron chi connectivity index (χ3n) is 2.74. The predicted molar refractivity (Wildman–Crippen MR) is 98.0 cm³/mol. The molecule has 6 heteroatoms. The fourth-order valence-electron chi connectivity index (χ4n) is 1.65. The molecular weight excluding hydrogens is 379 g/mol. The molecule has 0 radical (unpaired) electrons. The molecular formula is C15H25IN4O.